The Kier molecular flexibility index (Phi) is 4.13. The van der Waals surface area contributed by atoms with Gasteiger partial charge in [-0.3, -0.25) is 9.48 Å². The molecule has 1 aliphatic heterocycles. The molecular weight excluding hydrogens is 316 g/mol. The Labute approximate surface area is 138 Å². The molecule has 2 atom stereocenters. The van der Waals surface area contributed by atoms with Gasteiger partial charge in [0.1, 0.15) is 0 Å². The van der Waals surface area contributed by atoms with Gasteiger partial charge in [-0.15, -0.1) is 0 Å². The second-order valence-electron chi connectivity index (χ2n) is 6.21. The van der Waals surface area contributed by atoms with Gasteiger partial charge >= 0.3 is 0 Å². The van der Waals surface area contributed by atoms with Crippen molar-refractivity contribution in [2.24, 2.45) is 7.05 Å². The first-order chi connectivity index (χ1) is 11.3. The third-order valence-electron chi connectivity index (χ3n) is 4.59. The van der Waals surface area contributed by atoms with Gasteiger partial charge in [-0.05, 0) is 38.0 Å². The fourth-order valence-electron chi connectivity index (χ4n) is 3.30. The molecule has 128 valence electrons. The van der Waals surface area contributed by atoms with E-state index in [-0.39, 0.29) is 18.9 Å². The van der Waals surface area contributed by atoms with Crippen molar-refractivity contribution in [2.45, 2.75) is 32.4 Å². The smallest absolute Gasteiger partial charge is 0.258 e. The van der Waals surface area contributed by atoms with Gasteiger partial charge in [0.2, 0.25) is 0 Å². The zero-order valence-electron chi connectivity index (χ0n) is 13.8. The first-order valence-corrected chi connectivity index (χ1v) is 7.73. The lowest BCUT2D eigenvalue weighted by Gasteiger charge is -2.25. The van der Waals surface area contributed by atoms with Gasteiger partial charge in [-0.2, -0.15) is 5.10 Å². The molecule has 5 nitrogen and oxygen atoms in total. The first-order valence-electron chi connectivity index (χ1n) is 7.73. The van der Waals surface area contributed by atoms with E-state index in [1.54, 1.807) is 25.6 Å². The van der Waals surface area contributed by atoms with E-state index in [9.17, 15) is 18.7 Å². The SMILES string of the molecule is Cc1nn(C)c(C)c1C(=O)N1C[C@@H](O)C[C@@H]1c1ccc(F)c(F)c1. The summed E-state index contributed by atoms with van der Waals surface area (Å²) in [6, 6.07) is 3.08. The maximum atomic E-state index is 13.6. The predicted octanol–water partition coefficient (Wildman–Crippen LogP) is 2.26. The molecule has 1 amide bonds. The highest BCUT2D eigenvalue weighted by Gasteiger charge is 2.37. The molecule has 0 saturated carbocycles. The molecule has 0 aliphatic carbocycles. The largest absolute Gasteiger partial charge is 0.391 e. The van der Waals surface area contributed by atoms with Crippen molar-refractivity contribution in [3.8, 4) is 0 Å². The van der Waals surface area contributed by atoms with Gasteiger partial charge in [-0.1, -0.05) is 6.07 Å². The van der Waals surface area contributed by atoms with E-state index in [1.807, 2.05) is 0 Å². The molecule has 0 bridgehead atoms. The number of aromatic nitrogens is 2. The number of β-amino-alcohol motifs (C(OH)–C–C–N with tert-alkyl or cyclic N) is 1. The molecule has 2 heterocycles. The van der Waals surface area contributed by atoms with Crippen molar-refractivity contribution < 1.29 is 18.7 Å². The van der Waals surface area contributed by atoms with Gasteiger partial charge in [-0.25, -0.2) is 8.78 Å². The quantitative estimate of drug-likeness (QED) is 0.916. The highest BCUT2D eigenvalue weighted by molar-refractivity contribution is 5.97. The molecular formula is C17H19F2N3O2. The Balaban J connectivity index is 1.98. The number of nitrogens with zero attached hydrogens (tertiary/aromatic N) is 3. The van der Waals surface area contributed by atoms with Crippen LogP contribution in [-0.4, -0.2) is 38.3 Å². The lowest BCUT2D eigenvalue weighted by atomic mass is 10.0. The summed E-state index contributed by atoms with van der Waals surface area (Å²) in [7, 11) is 1.75. The van der Waals surface area contributed by atoms with E-state index < -0.39 is 23.8 Å². The van der Waals surface area contributed by atoms with Crippen LogP contribution in [0.3, 0.4) is 0 Å². The molecule has 2 aromatic rings. The van der Waals surface area contributed by atoms with Gasteiger partial charge in [0.15, 0.2) is 11.6 Å². The number of aryl methyl sites for hydroxylation is 2. The maximum absolute atomic E-state index is 13.6. The predicted molar refractivity (Wildman–Crippen MR) is 83.4 cm³/mol. The summed E-state index contributed by atoms with van der Waals surface area (Å²) in [5.41, 5.74) is 2.28. The Morgan fingerprint density at radius 2 is 2.00 bits per heavy atom. The Hall–Kier alpha value is -2.28. The monoisotopic (exact) mass is 335 g/mol. The summed E-state index contributed by atoms with van der Waals surface area (Å²) in [5.74, 6) is -2.16. The minimum absolute atomic E-state index is 0.149. The summed E-state index contributed by atoms with van der Waals surface area (Å²) < 4.78 is 28.4. The summed E-state index contributed by atoms with van der Waals surface area (Å²) in [6.45, 7) is 3.70. The average molecular weight is 335 g/mol. The van der Waals surface area contributed by atoms with Gasteiger partial charge < -0.3 is 10.0 Å². The number of amides is 1. The minimum Gasteiger partial charge on any atom is -0.391 e. The maximum Gasteiger partial charge on any atom is 0.258 e. The highest BCUT2D eigenvalue weighted by Crippen LogP contribution is 2.34. The van der Waals surface area contributed by atoms with Crippen LogP contribution in [0.1, 0.15) is 39.8 Å². The van der Waals surface area contributed by atoms with E-state index in [0.29, 0.717) is 16.8 Å². The summed E-state index contributed by atoms with van der Waals surface area (Å²) in [6.07, 6.45) is -0.417. The molecule has 1 aromatic carbocycles. The number of aliphatic hydroxyl groups is 1. The summed E-state index contributed by atoms with van der Waals surface area (Å²) >= 11 is 0. The van der Waals surface area contributed by atoms with Crippen LogP contribution >= 0.6 is 0 Å². The Bertz CT molecular complexity index is 803. The van der Waals surface area contributed by atoms with Crippen molar-refractivity contribution >= 4 is 5.91 Å². The van der Waals surface area contributed by atoms with Crippen molar-refractivity contribution in [3.05, 3.63) is 52.3 Å². The topological polar surface area (TPSA) is 58.4 Å². The van der Waals surface area contributed by atoms with Crippen LogP contribution < -0.4 is 0 Å². The van der Waals surface area contributed by atoms with Gasteiger partial charge in [0.25, 0.3) is 5.91 Å². The minimum atomic E-state index is -0.963. The van der Waals surface area contributed by atoms with Crippen molar-refractivity contribution in [2.75, 3.05) is 6.54 Å². The molecule has 1 N–H and O–H groups in total. The lowest BCUT2D eigenvalue weighted by molar-refractivity contribution is 0.0714. The molecule has 1 aliphatic rings. The molecule has 1 saturated heterocycles. The molecule has 1 fully saturated rings. The van der Waals surface area contributed by atoms with E-state index in [1.165, 1.54) is 11.0 Å². The second kappa shape index (κ2) is 5.98. The number of carbonyl (C=O) groups is 1. The fourth-order valence-corrected chi connectivity index (χ4v) is 3.30. The Morgan fingerprint density at radius 1 is 1.29 bits per heavy atom. The molecule has 0 radical (unpaired) electrons. The zero-order valence-corrected chi connectivity index (χ0v) is 13.8. The van der Waals surface area contributed by atoms with Crippen LogP contribution in [0.2, 0.25) is 0 Å². The van der Waals surface area contributed by atoms with Crippen LogP contribution in [0.15, 0.2) is 18.2 Å². The second-order valence-corrected chi connectivity index (χ2v) is 6.21. The zero-order chi connectivity index (χ0) is 17.6. The fraction of sp³-hybridized carbons (Fsp3) is 0.412. The molecule has 0 spiro atoms. The van der Waals surface area contributed by atoms with Crippen LogP contribution in [0, 0.1) is 25.5 Å². The standard InChI is InChI=1S/C17H19F2N3O2/c1-9-16(10(2)21(3)20-9)17(24)22-8-12(23)7-15(22)11-4-5-13(18)14(19)6-11/h4-6,12,15,23H,7-8H2,1-3H3/t12-,15+/m0/s1. The number of hydrogen-bond acceptors (Lipinski definition) is 3. The summed E-state index contributed by atoms with van der Waals surface area (Å²) in [4.78, 5) is 14.5. The van der Waals surface area contributed by atoms with E-state index in [4.69, 9.17) is 0 Å². The van der Waals surface area contributed by atoms with Gasteiger partial charge in [0, 0.05) is 19.3 Å². The number of rotatable bonds is 2. The van der Waals surface area contributed by atoms with E-state index in [0.717, 1.165) is 17.8 Å². The Morgan fingerprint density at radius 3 is 2.58 bits per heavy atom. The van der Waals surface area contributed by atoms with E-state index >= 15 is 0 Å². The average Bonchev–Trinajstić information content (AvgIpc) is 3.02. The van der Waals surface area contributed by atoms with Crippen LogP contribution in [-0.2, 0) is 7.05 Å². The van der Waals surface area contributed by atoms with Gasteiger partial charge in [0.05, 0.1) is 23.4 Å². The number of carbonyl (C=O) groups excluding carboxylic acids is 1. The number of aliphatic hydroxyl groups excluding tert-OH is 1. The normalized spacial score (nSPS) is 20.7. The number of likely N-dealkylation sites (tertiary alicyclic amines) is 1. The molecule has 7 heteroatoms. The first kappa shape index (κ1) is 16.6. The molecule has 0 unspecified atom stereocenters. The molecule has 24 heavy (non-hydrogen) atoms. The third-order valence-corrected chi connectivity index (χ3v) is 4.59. The van der Waals surface area contributed by atoms with Crippen molar-refractivity contribution in [1.82, 2.24) is 14.7 Å². The number of halogens is 2. The van der Waals surface area contributed by atoms with Crippen LogP contribution in [0.4, 0.5) is 8.78 Å². The van der Waals surface area contributed by atoms with Crippen molar-refractivity contribution in [1.29, 1.82) is 0 Å². The third kappa shape index (κ3) is 2.69. The molecule has 1 aromatic heterocycles. The van der Waals surface area contributed by atoms with Crippen molar-refractivity contribution in [3.63, 3.8) is 0 Å². The lowest BCUT2D eigenvalue weighted by Crippen LogP contribution is -2.32. The number of hydrogen-bond donors (Lipinski definition) is 1. The van der Waals surface area contributed by atoms with Crippen LogP contribution in [0.25, 0.3) is 0 Å². The highest BCUT2D eigenvalue weighted by atomic mass is 19.2. The van der Waals surface area contributed by atoms with Crippen LogP contribution in [0.5, 0.6) is 0 Å². The van der Waals surface area contributed by atoms with E-state index in [2.05, 4.69) is 5.10 Å². The summed E-state index contributed by atoms with van der Waals surface area (Å²) in [5, 5.41) is 14.3. The molecule has 3 rings (SSSR count). The number of benzene rings is 1.